The molecule has 3 nitrogen and oxygen atoms in total. The van der Waals surface area contributed by atoms with Gasteiger partial charge >= 0.3 is 8.80 Å². The van der Waals surface area contributed by atoms with Crippen LogP contribution < -0.4 is 5.19 Å². The van der Waals surface area contributed by atoms with Gasteiger partial charge in [0.15, 0.2) is 11.6 Å². The molecule has 2 aromatic carbocycles. The Labute approximate surface area is 116 Å². The van der Waals surface area contributed by atoms with Crippen molar-refractivity contribution in [1.82, 2.24) is 0 Å². The fourth-order valence-electron chi connectivity index (χ4n) is 1.87. The summed E-state index contributed by atoms with van der Waals surface area (Å²) in [5.74, 6) is -1.78. The molecule has 106 valence electrons. The van der Waals surface area contributed by atoms with Crippen molar-refractivity contribution < 1.29 is 22.4 Å². The second-order valence-electron chi connectivity index (χ2n) is 4.20. The highest BCUT2D eigenvalue weighted by Crippen LogP contribution is 2.21. The Morgan fingerprint density at radius 1 is 0.850 bits per heavy atom. The van der Waals surface area contributed by atoms with Gasteiger partial charge in [-0.15, -0.1) is 0 Å². The van der Waals surface area contributed by atoms with Crippen LogP contribution in [0.2, 0.25) is 0 Å². The van der Waals surface area contributed by atoms with Gasteiger partial charge in [-0.25, -0.2) is 8.78 Å². The number of hydrogen-bond acceptors (Lipinski definition) is 3. The van der Waals surface area contributed by atoms with E-state index in [0.29, 0.717) is 16.3 Å². The summed E-state index contributed by atoms with van der Waals surface area (Å²) < 4.78 is 36.1. The van der Waals surface area contributed by atoms with Crippen LogP contribution in [-0.2, 0) is 8.85 Å². The summed E-state index contributed by atoms with van der Waals surface area (Å²) in [4.78, 5) is 10.1. The van der Waals surface area contributed by atoms with Crippen LogP contribution in [0.4, 0.5) is 8.78 Å². The molecule has 0 aromatic heterocycles. The van der Waals surface area contributed by atoms with Crippen molar-refractivity contribution in [2.45, 2.75) is 0 Å². The van der Waals surface area contributed by atoms with Crippen LogP contribution in [0, 0.1) is 11.6 Å². The molecule has 20 heavy (non-hydrogen) atoms. The van der Waals surface area contributed by atoms with E-state index in [0.717, 1.165) is 12.1 Å². The fraction of sp³-hybridized carbons (Fsp3) is 0.143. The average molecular weight is 296 g/mol. The van der Waals surface area contributed by atoms with Crippen LogP contribution in [0.5, 0.6) is 0 Å². The van der Waals surface area contributed by atoms with Crippen molar-refractivity contribution in [2.24, 2.45) is 0 Å². The molecule has 1 N–H and O–H groups in total. The summed E-state index contributed by atoms with van der Waals surface area (Å²) in [5, 5.41) is 0.536. The number of rotatable bonds is 4. The van der Waals surface area contributed by atoms with Gasteiger partial charge in [-0.2, -0.15) is 0 Å². The molecule has 0 aliphatic heterocycles. The predicted molar refractivity (Wildman–Crippen MR) is 73.4 cm³/mol. The van der Waals surface area contributed by atoms with Gasteiger partial charge in [0, 0.05) is 19.4 Å². The third kappa shape index (κ3) is 2.78. The van der Waals surface area contributed by atoms with E-state index in [1.807, 2.05) is 0 Å². The minimum absolute atomic E-state index is 0.536. The maximum absolute atomic E-state index is 13.2. The molecule has 0 heterocycles. The minimum atomic E-state index is -3.35. The zero-order valence-electron chi connectivity index (χ0n) is 11.1. The molecular weight excluding hydrogens is 282 g/mol. The quantitative estimate of drug-likeness (QED) is 0.878. The zero-order valence-corrected chi connectivity index (χ0v) is 12.1. The van der Waals surface area contributed by atoms with Gasteiger partial charge in [0.25, 0.3) is 0 Å². The monoisotopic (exact) mass is 296 g/mol. The van der Waals surface area contributed by atoms with Crippen LogP contribution in [0.25, 0.3) is 11.1 Å². The van der Waals surface area contributed by atoms with Crippen LogP contribution in [0.15, 0.2) is 42.5 Å². The molecule has 0 aliphatic rings. The van der Waals surface area contributed by atoms with Crippen molar-refractivity contribution in [3.63, 3.8) is 0 Å². The average Bonchev–Trinajstić information content (AvgIpc) is 2.49. The lowest BCUT2D eigenvalue weighted by Gasteiger charge is -2.20. The highest BCUT2D eigenvalue weighted by atomic mass is 28.4. The first kappa shape index (κ1) is 14.8. The Hall–Kier alpha value is -1.60. The van der Waals surface area contributed by atoms with Gasteiger partial charge < -0.3 is 13.6 Å². The lowest BCUT2D eigenvalue weighted by Crippen LogP contribution is -2.52. The maximum atomic E-state index is 13.2. The summed E-state index contributed by atoms with van der Waals surface area (Å²) >= 11 is 0. The van der Waals surface area contributed by atoms with Gasteiger partial charge in [-0.05, 0) is 23.3 Å². The first-order valence-electron chi connectivity index (χ1n) is 5.89. The Balaban J connectivity index is 2.34. The van der Waals surface area contributed by atoms with Gasteiger partial charge in [0.1, 0.15) is 0 Å². The van der Waals surface area contributed by atoms with Gasteiger partial charge in [-0.3, -0.25) is 0 Å². The van der Waals surface area contributed by atoms with Crippen LogP contribution in [0.1, 0.15) is 0 Å². The van der Waals surface area contributed by atoms with E-state index in [1.165, 1.54) is 20.3 Å². The smallest absolute Gasteiger partial charge is 0.386 e. The van der Waals surface area contributed by atoms with E-state index in [-0.39, 0.29) is 0 Å². The van der Waals surface area contributed by atoms with Gasteiger partial charge in [-0.1, -0.05) is 30.3 Å². The lowest BCUT2D eigenvalue weighted by molar-refractivity contribution is 0.169. The molecule has 0 atom stereocenters. The van der Waals surface area contributed by atoms with Crippen molar-refractivity contribution in [1.29, 1.82) is 0 Å². The van der Waals surface area contributed by atoms with Crippen molar-refractivity contribution in [3.8, 4) is 11.1 Å². The van der Waals surface area contributed by atoms with E-state index in [4.69, 9.17) is 8.85 Å². The first-order valence-corrected chi connectivity index (χ1v) is 7.65. The molecule has 0 saturated carbocycles. The molecule has 0 fully saturated rings. The molecule has 0 amide bonds. The Morgan fingerprint density at radius 2 is 1.40 bits per heavy atom. The maximum Gasteiger partial charge on any atom is 0.533 e. The number of benzene rings is 2. The van der Waals surface area contributed by atoms with E-state index >= 15 is 0 Å². The molecule has 0 radical (unpaired) electrons. The standard InChI is InChI=1S/C14H14F2O3Si/c1-18-20(17,19-2)12-6-3-10(4-7-12)11-5-8-13(15)14(16)9-11/h3-9,17H,1-2H3. The molecular formula is C14H14F2O3Si. The summed E-state index contributed by atoms with van der Waals surface area (Å²) in [6, 6.07) is 10.4. The summed E-state index contributed by atoms with van der Waals surface area (Å²) in [6.45, 7) is 0. The van der Waals surface area contributed by atoms with Crippen LogP contribution in [-0.4, -0.2) is 27.8 Å². The molecule has 0 saturated heterocycles. The van der Waals surface area contributed by atoms with Crippen molar-refractivity contribution in [3.05, 3.63) is 54.1 Å². The normalized spacial score (nSPS) is 11.7. The van der Waals surface area contributed by atoms with Crippen molar-refractivity contribution in [2.75, 3.05) is 14.2 Å². The second-order valence-corrected chi connectivity index (χ2v) is 6.75. The lowest BCUT2D eigenvalue weighted by atomic mass is 10.1. The third-order valence-electron chi connectivity index (χ3n) is 3.06. The Bertz CT molecular complexity index is 598. The molecule has 2 rings (SSSR count). The summed E-state index contributed by atoms with van der Waals surface area (Å²) in [7, 11) is -0.603. The minimum Gasteiger partial charge on any atom is -0.386 e. The highest BCUT2D eigenvalue weighted by Gasteiger charge is 2.37. The van der Waals surface area contributed by atoms with Crippen LogP contribution >= 0.6 is 0 Å². The number of hydrogen-bond donors (Lipinski definition) is 1. The molecule has 2 aromatic rings. The topological polar surface area (TPSA) is 38.7 Å². The van der Waals surface area contributed by atoms with E-state index < -0.39 is 20.4 Å². The first-order chi connectivity index (χ1) is 9.50. The summed E-state index contributed by atoms with van der Waals surface area (Å²) in [5.41, 5.74) is 1.26. The van der Waals surface area contributed by atoms with E-state index in [9.17, 15) is 13.6 Å². The van der Waals surface area contributed by atoms with Crippen molar-refractivity contribution >= 4 is 14.0 Å². The molecule has 0 spiro atoms. The Morgan fingerprint density at radius 3 is 1.90 bits per heavy atom. The molecule has 6 heteroatoms. The third-order valence-corrected chi connectivity index (χ3v) is 5.23. The fourth-order valence-corrected chi connectivity index (χ4v) is 3.09. The molecule has 0 unspecified atom stereocenters. The largest absolute Gasteiger partial charge is 0.533 e. The van der Waals surface area contributed by atoms with E-state index in [1.54, 1.807) is 24.3 Å². The van der Waals surface area contributed by atoms with Crippen LogP contribution in [0.3, 0.4) is 0 Å². The molecule has 0 bridgehead atoms. The predicted octanol–water partition coefficient (Wildman–Crippen LogP) is 2.06. The Kier molecular flexibility index (Phi) is 4.29. The zero-order chi connectivity index (χ0) is 14.8. The second kappa shape index (κ2) is 5.80. The van der Waals surface area contributed by atoms with Gasteiger partial charge in [0.2, 0.25) is 0 Å². The van der Waals surface area contributed by atoms with Gasteiger partial charge in [0.05, 0.1) is 0 Å². The number of halogens is 2. The highest BCUT2D eigenvalue weighted by molar-refractivity contribution is 6.74. The SMILES string of the molecule is CO[Si](O)(OC)c1ccc(-c2ccc(F)c(F)c2)cc1. The summed E-state index contributed by atoms with van der Waals surface area (Å²) in [6.07, 6.45) is 0. The molecule has 0 aliphatic carbocycles. The van der Waals surface area contributed by atoms with E-state index in [2.05, 4.69) is 0 Å².